The van der Waals surface area contributed by atoms with E-state index in [9.17, 15) is 10.5 Å². The lowest BCUT2D eigenvalue weighted by Crippen LogP contribution is -2.30. The van der Waals surface area contributed by atoms with Crippen LogP contribution in [-0.4, -0.2) is 9.97 Å². The van der Waals surface area contributed by atoms with Gasteiger partial charge in [0.15, 0.2) is 11.4 Å². The van der Waals surface area contributed by atoms with E-state index in [1.165, 1.54) is 22.5 Å². The lowest BCUT2D eigenvalue weighted by Gasteiger charge is -2.42. The van der Waals surface area contributed by atoms with E-state index in [0.717, 1.165) is 49.5 Å². The summed E-state index contributed by atoms with van der Waals surface area (Å²) >= 11 is 0. The van der Waals surface area contributed by atoms with Crippen molar-refractivity contribution in [3.63, 3.8) is 0 Å². The molecule has 2 heterocycles. The highest BCUT2D eigenvalue weighted by molar-refractivity contribution is 6.19. The fourth-order valence-corrected chi connectivity index (χ4v) is 7.66. The fraction of sp³-hybridized carbons (Fsp3) is 0.0732. The SMILES string of the molecule is CC1(C)c2ccccc2N(c2cccc3c(-c4ccc5c6c(cccc46)-c4nc(C#N)c(C#N)nc4-5)cccc23)c2ccccc21. The Morgan fingerprint density at radius 2 is 0.978 bits per heavy atom. The third-order valence-electron chi connectivity index (χ3n) is 9.73. The zero-order valence-electron chi connectivity index (χ0n) is 25.2. The Morgan fingerprint density at radius 3 is 1.63 bits per heavy atom. The van der Waals surface area contributed by atoms with Crippen molar-refractivity contribution in [3.05, 3.63) is 138 Å². The van der Waals surface area contributed by atoms with Crippen molar-refractivity contribution in [2.75, 3.05) is 4.90 Å². The van der Waals surface area contributed by atoms with Crippen molar-refractivity contribution < 1.29 is 0 Å². The highest BCUT2D eigenvalue weighted by Crippen LogP contribution is 2.54. The van der Waals surface area contributed by atoms with Crippen LogP contribution in [0.4, 0.5) is 17.1 Å². The van der Waals surface area contributed by atoms with E-state index in [2.05, 4.69) is 132 Å². The molecule has 9 rings (SSSR count). The summed E-state index contributed by atoms with van der Waals surface area (Å²) in [6.07, 6.45) is 0. The van der Waals surface area contributed by atoms with Gasteiger partial charge >= 0.3 is 0 Å². The minimum absolute atomic E-state index is 0.0529. The molecule has 0 saturated heterocycles. The molecule has 0 N–H and O–H groups in total. The van der Waals surface area contributed by atoms with Crippen molar-refractivity contribution in [3.8, 4) is 45.8 Å². The molecule has 0 spiro atoms. The molecule has 2 aliphatic rings. The average molecular weight is 588 g/mol. The van der Waals surface area contributed by atoms with Crippen LogP contribution in [0.3, 0.4) is 0 Å². The van der Waals surface area contributed by atoms with E-state index in [4.69, 9.17) is 0 Å². The second-order valence-electron chi connectivity index (χ2n) is 12.4. The van der Waals surface area contributed by atoms with E-state index in [1.54, 1.807) is 0 Å². The van der Waals surface area contributed by atoms with E-state index < -0.39 is 0 Å². The molecule has 0 saturated carbocycles. The number of anilines is 3. The first kappa shape index (κ1) is 26.1. The molecule has 0 fully saturated rings. The normalized spacial score (nSPS) is 13.5. The predicted molar refractivity (Wildman–Crippen MR) is 183 cm³/mol. The van der Waals surface area contributed by atoms with Crippen LogP contribution in [0.1, 0.15) is 36.4 Å². The summed E-state index contributed by atoms with van der Waals surface area (Å²) in [5, 5.41) is 23.7. The Balaban J connectivity index is 1.28. The quantitative estimate of drug-likeness (QED) is 0.201. The predicted octanol–water partition coefficient (Wildman–Crippen LogP) is 9.95. The van der Waals surface area contributed by atoms with Gasteiger partial charge in [0.1, 0.15) is 12.1 Å². The van der Waals surface area contributed by atoms with Crippen molar-refractivity contribution in [1.82, 2.24) is 9.97 Å². The summed E-state index contributed by atoms with van der Waals surface area (Å²) in [5.41, 5.74) is 11.5. The monoisotopic (exact) mass is 587 g/mol. The smallest absolute Gasteiger partial charge is 0.177 e. The molecule has 0 radical (unpaired) electrons. The zero-order chi connectivity index (χ0) is 31.2. The van der Waals surface area contributed by atoms with Crippen LogP contribution in [0, 0.1) is 22.7 Å². The van der Waals surface area contributed by atoms with Gasteiger partial charge in [-0.2, -0.15) is 10.5 Å². The molecule has 0 bridgehead atoms. The van der Waals surface area contributed by atoms with Crippen LogP contribution >= 0.6 is 0 Å². The fourth-order valence-electron chi connectivity index (χ4n) is 7.66. The van der Waals surface area contributed by atoms with Gasteiger partial charge in [0.2, 0.25) is 0 Å². The minimum atomic E-state index is -0.132. The van der Waals surface area contributed by atoms with E-state index in [1.807, 2.05) is 24.3 Å². The van der Waals surface area contributed by atoms with E-state index in [-0.39, 0.29) is 16.8 Å². The largest absolute Gasteiger partial charge is 0.309 e. The lowest BCUT2D eigenvalue weighted by atomic mass is 9.73. The van der Waals surface area contributed by atoms with Crippen LogP contribution in [0.5, 0.6) is 0 Å². The molecule has 0 amide bonds. The first-order valence-electron chi connectivity index (χ1n) is 15.3. The molecule has 5 nitrogen and oxygen atoms in total. The van der Waals surface area contributed by atoms with Crippen LogP contribution in [0.2, 0.25) is 0 Å². The van der Waals surface area contributed by atoms with Gasteiger partial charge < -0.3 is 4.90 Å². The van der Waals surface area contributed by atoms with Crippen LogP contribution in [0.25, 0.3) is 55.2 Å². The summed E-state index contributed by atoms with van der Waals surface area (Å²) in [4.78, 5) is 11.6. The molecule has 7 aromatic rings. The molecule has 1 aliphatic carbocycles. The number of aromatic nitrogens is 2. The highest BCUT2D eigenvalue weighted by Gasteiger charge is 2.37. The number of nitrogens with zero attached hydrogens (tertiary/aromatic N) is 5. The van der Waals surface area contributed by atoms with Gasteiger partial charge in [-0.05, 0) is 51.2 Å². The van der Waals surface area contributed by atoms with Crippen molar-refractivity contribution >= 4 is 38.6 Å². The van der Waals surface area contributed by atoms with E-state index in [0.29, 0.717) is 11.4 Å². The molecule has 1 aliphatic heterocycles. The van der Waals surface area contributed by atoms with Gasteiger partial charge in [-0.25, -0.2) is 9.97 Å². The maximum absolute atomic E-state index is 9.63. The van der Waals surface area contributed by atoms with Gasteiger partial charge in [-0.3, -0.25) is 0 Å². The maximum atomic E-state index is 9.63. The van der Waals surface area contributed by atoms with Gasteiger partial charge in [0, 0.05) is 27.3 Å². The Hall–Kier alpha value is -6.30. The van der Waals surface area contributed by atoms with E-state index >= 15 is 0 Å². The summed E-state index contributed by atoms with van der Waals surface area (Å²) in [5.74, 6) is 0. The second-order valence-corrected chi connectivity index (χ2v) is 12.4. The summed E-state index contributed by atoms with van der Waals surface area (Å²) < 4.78 is 0. The number of hydrogen-bond donors (Lipinski definition) is 0. The third-order valence-corrected chi connectivity index (χ3v) is 9.73. The first-order chi connectivity index (χ1) is 22.5. The Bertz CT molecular complexity index is 2450. The lowest BCUT2D eigenvalue weighted by molar-refractivity contribution is 0.632. The minimum Gasteiger partial charge on any atom is -0.309 e. The number of benzene rings is 6. The zero-order valence-corrected chi connectivity index (χ0v) is 25.2. The van der Waals surface area contributed by atoms with Crippen molar-refractivity contribution in [2.24, 2.45) is 0 Å². The molecule has 0 unspecified atom stereocenters. The molecule has 5 heteroatoms. The Labute approximate surface area is 266 Å². The summed E-state index contributed by atoms with van der Waals surface area (Å²) in [6, 6.07) is 45.1. The number of para-hydroxylation sites is 2. The second kappa shape index (κ2) is 9.35. The number of rotatable bonds is 2. The molecule has 6 aromatic carbocycles. The highest BCUT2D eigenvalue weighted by atomic mass is 15.2. The Kier molecular flexibility index (Phi) is 5.31. The summed E-state index contributed by atoms with van der Waals surface area (Å²) in [6.45, 7) is 4.62. The molecular formula is C41H25N5. The molecule has 214 valence electrons. The average Bonchev–Trinajstić information content (AvgIpc) is 3.41. The molecular weight excluding hydrogens is 562 g/mol. The topological polar surface area (TPSA) is 76.6 Å². The van der Waals surface area contributed by atoms with Crippen LogP contribution < -0.4 is 4.90 Å². The molecule has 0 atom stereocenters. The van der Waals surface area contributed by atoms with Crippen LogP contribution in [-0.2, 0) is 5.41 Å². The number of fused-ring (bicyclic) bond motifs is 6. The third kappa shape index (κ3) is 3.37. The summed E-state index contributed by atoms with van der Waals surface area (Å²) in [7, 11) is 0. The van der Waals surface area contributed by atoms with Gasteiger partial charge in [0.25, 0.3) is 0 Å². The van der Waals surface area contributed by atoms with Gasteiger partial charge in [0.05, 0.1) is 28.5 Å². The van der Waals surface area contributed by atoms with Crippen LogP contribution in [0.15, 0.2) is 115 Å². The molecule has 46 heavy (non-hydrogen) atoms. The van der Waals surface area contributed by atoms with Gasteiger partial charge in [-0.1, -0.05) is 111 Å². The number of hydrogen-bond acceptors (Lipinski definition) is 5. The Morgan fingerprint density at radius 1 is 0.500 bits per heavy atom. The molecule has 1 aromatic heterocycles. The van der Waals surface area contributed by atoms with Gasteiger partial charge in [-0.15, -0.1) is 0 Å². The first-order valence-corrected chi connectivity index (χ1v) is 15.3. The standard InChI is InChI=1S/C41H25N5/c1-41(2)31-15-3-5-17-36(31)46(37-18-6-4-16-32(37)41)35-19-9-11-25-24(10-7-12-27(25)35)26-20-21-30-38-28(26)13-8-14-29(38)39-40(30)45-34(23-43)33(22-42)44-39/h3-21H,1-2H3. The maximum Gasteiger partial charge on any atom is 0.177 e. The number of nitriles is 2. The van der Waals surface area contributed by atoms with Crippen molar-refractivity contribution in [1.29, 1.82) is 10.5 Å². The van der Waals surface area contributed by atoms with Crippen molar-refractivity contribution in [2.45, 2.75) is 19.3 Å².